The Balaban J connectivity index is 1.40. The Bertz CT molecular complexity index is 1230. The standard InChI is InChI=1S/C23H22N4O2/c1-3-27-15(2)24-20-14-19(10-11-21(20)27)23(29)26-25-22(28)13-16-8-9-17-6-4-5-7-18(17)12-16/h4-12,14H,3,13H2,1-2H3,(H,25,28)(H,26,29). The highest BCUT2D eigenvalue weighted by Crippen LogP contribution is 2.18. The fourth-order valence-corrected chi connectivity index (χ4v) is 3.57. The maximum Gasteiger partial charge on any atom is 0.269 e. The van der Waals surface area contributed by atoms with E-state index in [0.29, 0.717) is 5.56 Å². The summed E-state index contributed by atoms with van der Waals surface area (Å²) in [6.07, 6.45) is 0.185. The van der Waals surface area contributed by atoms with Gasteiger partial charge in [-0.2, -0.15) is 0 Å². The number of nitrogens with one attached hydrogen (secondary N) is 2. The average Bonchev–Trinajstić information content (AvgIpc) is 3.05. The van der Waals surface area contributed by atoms with Crippen molar-refractivity contribution in [3.63, 3.8) is 0 Å². The highest BCUT2D eigenvalue weighted by molar-refractivity contribution is 5.98. The summed E-state index contributed by atoms with van der Waals surface area (Å²) in [7, 11) is 0. The van der Waals surface area contributed by atoms with Gasteiger partial charge in [0.25, 0.3) is 5.91 Å². The van der Waals surface area contributed by atoms with Gasteiger partial charge in [-0.1, -0.05) is 42.5 Å². The lowest BCUT2D eigenvalue weighted by molar-refractivity contribution is -0.121. The molecule has 1 heterocycles. The molecule has 3 aromatic carbocycles. The first-order chi connectivity index (χ1) is 14.0. The van der Waals surface area contributed by atoms with Gasteiger partial charge in [-0.15, -0.1) is 0 Å². The van der Waals surface area contributed by atoms with Gasteiger partial charge in [-0.25, -0.2) is 4.98 Å². The van der Waals surface area contributed by atoms with Crippen LogP contribution in [0, 0.1) is 6.92 Å². The molecule has 29 heavy (non-hydrogen) atoms. The first-order valence-corrected chi connectivity index (χ1v) is 9.59. The van der Waals surface area contributed by atoms with Crippen molar-refractivity contribution in [3.8, 4) is 0 Å². The van der Waals surface area contributed by atoms with Crippen LogP contribution in [0.1, 0.15) is 28.7 Å². The monoisotopic (exact) mass is 386 g/mol. The van der Waals surface area contributed by atoms with Crippen LogP contribution in [0.5, 0.6) is 0 Å². The summed E-state index contributed by atoms with van der Waals surface area (Å²) in [5.41, 5.74) is 8.06. The van der Waals surface area contributed by atoms with Gasteiger partial charge < -0.3 is 4.57 Å². The summed E-state index contributed by atoms with van der Waals surface area (Å²) >= 11 is 0. The summed E-state index contributed by atoms with van der Waals surface area (Å²) in [5, 5.41) is 2.21. The van der Waals surface area contributed by atoms with E-state index < -0.39 is 0 Å². The second-order valence-electron chi connectivity index (χ2n) is 6.97. The third-order valence-corrected chi connectivity index (χ3v) is 5.01. The van der Waals surface area contributed by atoms with Crippen LogP contribution in [-0.4, -0.2) is 21.4 Å². The molecule has 4 rings (SSSR count). The molecule has 0 aliphatic rings. The molecule has 0 spiro atoms. The van der Waals surface area contributed by atoms with Crippen molar-refractivity contribution in [2.24, 2.45) is 0 Å². The number of carbonyl (C=O) groups is 2. The molecule has 0 fully saturated rings. The molecular weight excluding hydrogens is 364 g/mol. The quantitative estimate of drug-likeness (QED) is 0.527. The first kappa shape index (κ1) is 18.7. The Hall–Kier alpha value is -3.67. The summed E-state index contributed by atoms with van der Waals surface area (Å²) < 4.78 is 2.09. The number of carbonyl (C=O) groups excluding carboxylic acids is 2. The normalized spacial score (nSPS) is 11.0. The van der Waals surface area contributed by atoms with Crippen LogP contribution in [0.25, 0.3) is 21.8 Å². The number of amides is 2. The molecule has 1 aromatic heterocycles. The predicted molar refractivity (Wildman–Crippen MR) is 113 cm³/mol. The number of benzene rings is 3. The van der Waals surface area contributed by atoms with Crippen molar-refractivity contribution in [1.29, 1.82) is 0 Å². The van der Waals surface area contributed by atoms with E-state index in [4.69, 9.17) is 0 Å². The molecule has 6 heteroatoms. The van der Waals surface area contributed by atoms with Crippen LogP contribution in [0.15, 0.2) is 60.7 Å². The van der Waals surface area contributed by atoms with E-state index in [9.17, 15) is 9.59 Å². The van der Waals surface area contributed by atoms with Gasteiger partial charge >= 0.3 is 0 Å². The lowest BCUT2D eigenvalue weighted by atomic mass is 10.1. The van der Waals surface area contributed by atoms with Gasteiger partial charge in [0.15, 0.2) is 0 Å². The Morgan fingerprint density at radius 3 is 2.55 bits per heavy atom. The molecule has 0 atom stereocenters. The Morgan fingerprint density at radius 2 is 1.76 bits per heavy atom. The average molecular weight is 386 g/mol. The maximum atomic E-state index is 12.4. The van der Waals surface area contributed by atoms with Crippen LogP contribution in [0.4, 0.5) is 0 Å². The van der Waals surface area contributed by atoms with Crippen LogP contribution < -0.4 is 10.9 Å². The summed E-state index contributed by atoms with van der Waals surface area (Å²) in [5.74, 6) is 0.257. The van der Waals surface area contributed by atoms with E-state index in [1.54, 1.807) is 12.1 Å². The SMILES string of the molecule is CCn1c(C)nc2cc(C(=O)NNC(=O)Cc3ccc4ccccc4c3)ccc21. The summed E-state index contributed by atoms with van der Waals surface area (Å²) in [4.78, 5) is 29.2. The zero-order chi connectivity index (χ0) is 20.4. The number of hydrazine groups is 1. The molecule has 2 amide bonds. The van der Waals surface area contributed by atoms with Crippen molar-refractivity contribution in [1.82, 2.24) is 20.4 Å². The van der Waals surface area contributed by atoms with Gasteiger partial charge in [0.2, 0.25) is 5.91 Å². The van der Waals surface area contributed by atoms with Crippen molar-refractivity contribution >= 4 is 33.6 Å². The predicted octanol–water partition coefficient (Wildman–Crippen LogP) is 3.52. The highest BCUT2D eigenvalue weighted by Gasteiger charge is 2.12. The number of nitrogens with zero attached hydrogens (tertiary/aromatic N) is 2. The molecular formula is C23H22N4O2. The molecule has 0 aliphatic heterocycles. The highest BCUT2D eigenvalue weighted by atomic mass is 16.2. The number of fused-ring (bicyclic) bond motifs is 2. The van der Waals surface area contributed by atoms with Gasteiger partial charge in [0.05, 0.1) is 17.5 Å². The second kappa shape index (κ2) is 7.75. The van der Waals surface area contributed by atoms with E-state index >= 15 is 0 Å². The van der Waals surface area contributed by atoms with Crippen LogP contribution >= 0.6 is 0 Å². The van der Waals surface area contributed by atoms with Crippen LogP contribution in [0.2, 0.25) is 0 Å². The van der Waals surface area contributed by atoms with Crippen molar-refractivity contribution in [2.45, 2.75) is 26.8 Å². The third kappa shape index (κ3) is 3.82. The smallest absolute Gasteiger partial charge is 0.269 e. The number of hydrogen-bond acceptors (Lipinski definition) is 3. The van der Waals surface area contributed by atoms with E-state index in [1.165, 1.54) is 0 Å². The number of aryl methyl sites for hydroxylation is 2. The van der Waals surface area contributed by atoms with E-state index in [2.05, 4.69) is 27.3 Å². The lowest BCUT2D eigenvalue weighted by Crippen LogP contribution is -2.42. The molecule has 146 valence electrons. The fourth-order valence-electron chi connectivity index (χ4n) is 3.57. The van der Waals surface area contributed by atoms with Crippen LogP contribution in [0.3, 0.4) is 0 Å². The molecule has 0 unspecified atom stereocenters. The number of rotatable bonds is 4. The zero-order valence-corrected chi connectivity index (χ0v) is 16.4. The summed E-state index contributed by atoms with van der Waals surface area (Å²) in [6, 6.07) is 19.2. The molecule has 0 saturated heterocycles. The molecule has 0 aliphatic carbocycles. The Labute approximate surface area is 168 Å². The summed E-state index contributed by atoms with van der Waals surface area (Å²) in [6.45, 7) is 4.81. The topological polar surface area (TPSA) is 76.0 Å². The van der Waals surface area contributed by atoms with E-state index in [1.807, 2.05) is 55.5 Å². The van der Waals surface area contributed by atoms with E-state index in [0.717, 1.165) is 39.7 Å². The van der Waals surface area contributed by atoms with Gasteiger partial charge in [0, 0.05) is 12.1 Å². The van der Waals surface area contributed by atoms with Crippen molar-refractivity contribution in [3.05, 3.63) is 77.6 Å². The first-order valence-electron chi connectivity index (χ1n) is 9.59. The van der Waals surface area contributed by atoms with Gasteiger partial charge in [-0.3, -0.25) is 20.4 Å². The second-order valence-corrected chi connectivity index (χ2v) is 6.97. The van der Waals surface area contributed by atoms with Gasteiger partial charge in [0.1, 0.15) is 5.82 Å². The van der Waals surface area contributed by atoms with E-state index in [-0.39, 0.29) is 18.2 Å². The molecule has 2 N–H and O–H groups in total. The largest absolute Gasteiger partial charge is 0.329 e. The zero-order valence-electron chi connectivity index (χ0n) is 16.4. The minimum atomic E-state index is -0.373. The Kier molecular flexibility index (Phi) is 4.99. The fraction of sp³-hybridized carbons (Fsp3) is 0.174. The number of hydrogen-bond donors (Lipinski definition) is 2. The number of aromatic nitrogens is 2. The van der Waals surface area contributed by atoms with Crippen molar-refractivity contribution < 1.29 is 9.59 Å². The third-order valence-electron chi connectivity index (χ3n) is 5.01. The lowest BCUT2D eigenvalue weighted by Gasteiger charge is -2.08. The Morgan fingerprint density at radius 1 is 0.966 bits per heavy atom. The van der Waals surface area contributed by atoms with Gasteiger partial charge in [-0.05, 0) is 48.4 Å². The molecule has 0 bridgehead atoms. The maximum absolute atomic E-state index is 12.4. The van der Waals surface area contributed by atoms with Crippen molar-refractivity contribution in [2.75, 3.05) is 0 Å². The molecule has 0 saturated carbocycles. The van der Waals surface area contributed by atoms with Crippen LogP contribution in [-0.2, 0) is 17.8 Å². The molecule has 0 radical (unpaired) electrons. The molecule has 6 nitrogen and oxygen atoms in total. The minimum absolute atomic E-state index is 0.185. The number of imidazole rings is 1. The molecule has 4 aromatic rings. The minimum Gasteiger partial charge on any atom is -0.329 e.